The SMILES string of the molecule is CCc1cc(N(C(=N)N)c2cccc3ccccc23)ccc1F. The molecule has 3 nitrogen and oxygen atoms in total. The number of hydrogen-bond donors (Lipinski definition) is 2. The molecule has 4 heteroatoms. The van der Waals surface area contributed by atoms with E-state index in [1.165, 1.54) is 6.07 Å². The number of rotatable bonds is 3. The minimum atomic E-state index is -0.238. The van der Waals surface area contributed by atoms with Crippen molar-refractivity contribution >= 4 is 28.1 Å². The van der Waals surface area contributed by atoms with Crippen molar-refractivity contribution < 1.29 is 4.39 Å². The van der Waals surface area contributed by atoms with Crippen LogP contribution in [0, 0.1) is 11.2 Å². The van der Waals surface area contributed by atoms with E-state index >= 15 is 0 Å². The van der Waals surface area contributed by atoms with Crippen molar-refractivity contribution in [3.8, 4) is 0 Å². The zero-order valence-corrected chi connectivity index (χ0v) is 12.9. The molecule has 0 amide bonds. The number of guanidine groups is 1. The van der Waals surface area contributed by atoms with Gasteiger partial charge in [0.25, 0.3) is 0 Å². The van der Waals surface area contributed by atoms with Gasteiger partial charge >= 0.3 is 0 Å². The molecule has 0 spiro atoms. The van der Waals surface area contributed by atoms with Gasteiger partial charge in [-0.3, -0.25) is 10.3 Å². The van der Waals surface area contributed by atoms with E-state index < -0.39 is 0 Å². The molecule has 0 saturated carbocycles. The largest absolute Gasteiger partial charge is 0.369 e. The summed E-state index contributed by atoms with van der Waals surface area (Å²) in [4.78, 5) is 1.64. The molecule has 0 fully saturated rings. The molecule has 0 saturated heterocycles. The monoisotopic (exact) mass is 307 g/mol. The number of hydrogen-bond acceptors (Lipinski definition) is 1. The van der Waals surface area contributed by atoms with Crippen LogP contribution in [0.15, 0.2) is 60.7 Å². The molecule has 0 unspecified atom stereocenters. The minimum absolute atomic E-state index is 0.102. The minimum Gasteiger partial charge on any atom is -0.369 e. The van der Waals surface area contributed by atoms with E-state index in [4.69, 9.17) is 11.1 Å². The summed E-state index contributed by atoms with van der Waals surface area (Å²) in [6.45, 7) is 1.90. The first-order valence-corrected chi connectivity index (χ1v) is 7.52. The van der Waals surface area contributed by atoms with Crippen molar-refractivity contribution in [2.75, 3.05) is 4.90 Å². The Bertz CT molecular complexity index is 868. The van der Waals surface area contributed by atoms with E-state index in [0.29, 0.717) is 17.7 Å². The Labute approximate surface area is 134 Å². The molecule has 0 radical (unpaired) electrons. The molecule has 23 heavy (non-hydrogen) atoms. The van der Waals surface area contributed by atoms with Gasteiger partial charge in [0, 0.05) is 11.1 Å². The molecule has 0 aromatic heterocycles. The zero-order chi connectivity index (χ0) is 16.4. The van der Waals surface area contributed by atoms with Gasteiger partial charge < -0.3 is 5.73 Å². The number of halogens is 1. The van der Waals surface area contributed by atoms with Gasteiger partial charge in [0.05, 0.1) is 5.69 Å². The lowest BCUT2D eigenvalue weighted by atomic mass is 10.1. The second-order valence-corrected chi connectivity index (χ2v) is 5.35. The number of fused-ring (bicyclic) bond motifs is 1. The average molecular weight is 307 g/mol. The maximum atomic E-state index is 13.8. The van der Waals surface area contributed by atoms with Crippen LogP contribution in [-0.4, -0.2) is 5.96 Å². The predicted octanol–water partition coefficient (Wildman–Crippen LogP) is 4.57. The van der Waals surface area contributed by atoms with E-state index in [-0.39, 0.29) is 11.8 Å². The maximum absolute atomic E-state index is 13.8. The molecule has 0 aliphatic carbocycles. The Kier molecular flexibility index (Phi) is 3.98. The first kappa shape index (κ1) is 15.0. The lowest BCUT2D eigenvalue weighted by Gasteiger charge is -2.25. The van der Waals surface area contributed by atoms with Crippen LogP contribution in [0.4, 0.5) is 15.8 Å². The van der Waals surface area contributed by atoms with Crippen LogP contribution in [0.3, 0.4) is 0 Å². The van der Waals surface area contributed by atoms with Crippen LogP contribution in [0.1, 0.15) is 12.5 Å². The number of anilines is 2. The zero-order valence-electron chi connectivity index (χ0n) is 12.9. The van der Waals surface area contributed by atoms with Gasteiger partial charge in [0.15, 0.2) is 5.96 Å². The third-order valence-electron chi connectivity index (χ3n) is 3.92. The van der Waals surface area contributed by atoms with E-state index in [9.17, 15) is 4.39 Å². The Morgan fingerprint density at radius 3 is 2.57 bits per heavy atom. The summed E-state index contributed by atoms with van der Waals surface area (Å²) >= 11 is 0. The standard InChI is InChI=1S/C19H18FN3/c1-2-13-12-15(10-11-17(13)20)23(19(21)22)18-9-5-7-14-6-3-4-8-16(14)18/h3-12H,2H2,1H3,(H3,21,22). The van der Waals surface area contributed by atoms with E-state index in [2.05, 4.69) is 0 Å². The summed E-state index contributed by atoms with van der Waals surface area (Å²) in [5.41, 5.74) is 7.94. The Morgan fingerprint density at radius 1 is 1.09 bits per heavy atom. The molecule has 0 aliphatic rings. The average Bonchev–Trinajstić information content (AvgIpc) is 2.56. The van der Waals surface area contributed by atoms with Crippen LogP contribution in [0.25, 0.3) is 10.8 Å². The second-order valence-electron chi connectivity index (χ2n) is 5.35. The van der Waals surface area contributed by atoms with Crippen molar-refractivity contribution in [2.24, 2.45) is 5.73 Å². The highest BCUT2D eigenvalue weighted by Crippen LogP contribution is 2.32. The summed E-state index contributed by atoms with van der Waals surface area (Å²) in [6, 6.07) is 18.6. The van der Waals surface area contributed by atoms with Crippen molar-refractivity contribution in [3.63, 3.8) is 0 Å². The first-order chi connectivity index (χ1) is 11.1. The van der Waals surface area contributed by atoms with Gasteiger partial charge in [-0.05, 0) is 41.6 Å². The lowest BCUT2D eigenvalue weighted by molar-refractivity contribution is 0.612. The molecule has 0 bridgehead atoms. The number of nitrogens with two attached hydrogens (primary N) is 1. The fraction of sp³-hybridized carbons (Fsp3) is 0.105. The van der Waals surface area contributed by atoms with Crippen LogP contribution in [-0.2, 0) is 6.42 Å². The first-order valence-electron chi connectivity index (χ1n) is 7.52. The van der Waals surface area contributed by atoms with Crippen molar-refractivity contribution in [2.45, 2.75) is 13.3 Å². The van der Waals surface area contributed by atoms with Gasteiger partial charge in [-0.2, -0.15) is 0 Å². The van der Waals surface area contributed by atoms with Crippen LogP contribution < -0.4 is 10.6 Å². The van der Waals surface area contributed by atoms with Gasteiger partial charge in [-0.25, -0.2) is 4.39 Å². The van der Waals surface area contributed by atoms with Gasteiger partial charge in [-0.15, -0.1) is 0 Å². The predicted molar refractivity (Wildman–Crippen MR) is 93.8 cm³/mol. The summed E-state index contributed by atoms with van der Waals surface area (Å²) in [6.07, 6.45) is 0.584. The molecule has 0 atom stereocenters. The van der Waals surface area contributed by atoms with Crippen molar-refractivity contribution in [1.29, 1.82) is 5.41 Å². The third-order valence-corrected chi connectivity index (χ3v) is 3.92. The normalized spacial score (nSPS) is 10.7. The van der Waals surface area contributed by atoms with Crippen LogP contribution in [0.2, 0.25) is 0 Å². The number of aryl methyl sites for hydroxylation is 1. The molecular weight excluding hydrogens is 289 g/mol. The molecule has 116 valence electrons. The summed E-state index contributed by atoms with van der Waals surface area (Å²) in [7, 11) is 0. The second kappa shape index (κ2) is 6.08. The molecule has 3 aromatic rings. The third kappa shape index (κ3) is 2.75. The van der Waals surface area contributed by atoms with E-state index in [1.54, 1.807) is 17.0 Å². The number of nitrogens with one attached hydrogen (secondary N) is 1. The van der Waals surface area contributed by atoms with Gasteiger partial charge in [-0.1, -0.05) is 43.3 Å². The molecule has 0 aliphatic heterocycles. The van der Waals surface area contributed by atoms with Crippen molar-refractivity contribution in [3.05, 3.63) is 72.0 Å². The lowest BCUT2D eigenvalue weighted by Crippen LogP contribution is -2.32. The van der Waals surface area contributed by atoms with Gasteiger partial charge in [0.2, 0.25) is 0 Å². The molecular formula is C19H18FN3. The highest BCUT2D eigenvalue weighted by Gasteiger charge is 2.16. The van der Waals surface area contributed by atoms with E-state index in [1.807, 2.05) is 49.4 Å². The fourth-order valence-corrected chi connectivity index (χ4v) is 2.78. The highest BCUT2D eigenvalue weighted by atomic mass is 19.1. The molecule has 0 heterocycles. The fourth-order valence-electron chi connectivity index (χ4n) is 2.78. The molecule has 3 rings (SSSR count). The van der Waals surface area contributed by atoms with Crippen LogP contribution in [0.5, 0.6) is 0 Å². The summed E-state index contributed by atoms with van der Waals surface area (Å²) in [5, 5.41) is 10.1. The molecule has 3 aromatic carbocycles. The van der Waals surface area contributed by atoms with Crippen molar-refractivity contribution in [1.82, 2.24) is 0 Å². The summed E-state index contributed by atoms with van der Waals surface area (Å²) < 4.78 is 13.8. The van der Waals surface area contributed by atoms with Crippen LogP contribution >= 0.6 is 0 Å². The number of nitrogens with zero attached hydrogens (tertiary/aromatic N) is 1. The number of benzene rings is 3. The van der Waals surface area contributed by atoms with Gasteiger partial charge in [0.1, 0.15) is 5.82 Å². The van der Waals surface area contributed by atoms with E-state index in [0.717, 1.165) is 16.5 Å². The summed E-state index contributed by atoms with van der Waals surface area (Å²) in [5.74, 6) is -0.340. The highest BCUT2D eigenvalue weighted by molar-refractivity contribution is 6.08. The molecule has 3 N–H and O–H groups in total. The maximum Gasteiger partial charge on any atom is 0.197 e. The smallest absolute Gasteiger partial charge is 0.197 e. The quantitative estimate of drug-likeness (QED) is 0.550. The Morgan fingerprint density at radius 2 is 1.83 bits per heavy atom. The Balaban J connectivity index is 2.21. The Hall–Kier alpha value is -2.88. The topological polar surface area (TPSA) is 53.1 Å².